The lowest BCUT2D eigenvalue weighted by atomic mass is 10.4. The van der Waals surface area contributed by atoms with Gasteiger partial charge in [-0.2, -0.15) is 5.10 Å². The van der Waals surface area contributed by atoms with Crippen molar-refractivity contribution in [1.29, 1.82) is 0 Å². The Balaban J connectivity index is 0.000000321. The van der Waals surface area contributed by atoms with Gasteiger partial charge in [-0.05, 0) is 18.2 Å². The summed E-state index contributed by atoms with van der Waals surface area (Å²) in [6.07, 6.45) is 3.66. The summed E-state index contributed by atoms with van der Waals surface area (Å²) in [6.45, 7) is 5.20. The van der Waals surface area contributed by atoms with Crippen LogP contribution in [0, 0.1) is 0 Å². The minimum atomic E-state index is 0.598. The number of hydrogen-bond donors (Lipinski definition) is 0. The summed E-state index contributed by atoms with van der Waals surface area (Å²) < 4.78 is 11.5. The van der Waals surface area contributed by atoms with Crippen molar-refractivity contribution >= 4 is 0 Å². The van der Waals surface area contributed by atoms with E-state index >= 15 is 0 Å². The normalized spacial score (nSPS) is 9.05. The van der Waals surface area contributed by atoms with E-state index in [1.165, 1.54) is 0 Å². The van der Waals surface area contributed by atoms with Crippen LogP contribution in [0.4, 0.5) is 0 Å². The lowest BCUT2D eigenvalue weighted by Gasteiger charge is -1.94. The molecule has 5 nitrogen and oxygen atoms in total. The summed E-state index contributed by atoms with van der Waals surface area (Å²) in [5.41, 5.74) is 1.94. The van der Waals surface area contributed by atoms with Gasteiger partial charge in [0.2, 0.25) is 0 Å². The van der Waals surface area contributed by atoms with E-state index in [1.807, 2.05) is 51.4 Å². The van der Waals surface area contributed by atoms with Crippen LogP contribution in [-0.4, -0.2) is 29.0 Å². The molecule has 0 saturated heterocycles. The maximum Gasteiger partial charge on any atom is 0.0902 e. The minimum Gasteiger partial charge on any atom is -0.378 e. The zero-order valence-corrected chi connectivity index (χ0v) is 13.0. The highest BCUT2D eigenvalue weighted by atomic mass is 16.5. The van der Waals surface area contributed by atoms with Crippen LogP contribution in [0.3, 0.4) is 0 Å². The van der Waals surface area contributed by atoms with Crippen molar-refractivity contribution in [2.45, 2.75) is 27.1 Å². The Morgan fingerprint density at radius 3 is 2.10 bits per heavy atom. The molecule has 5 heteroatoms. The van der Waals surface area contributed by atoms with E-state index in [9.17, 15) is 0 Å². The van der Waals surface area contributed by atoms with Crippen molar-refractivity contribution < 1.29 is 9.47 Å². The summed E-state index contributed by atoms with van der Waals surface area (Å²) in [5.74, 6) is 0. The van der Waals surface area contributed by atoms with E-state index in [1.54, 1.807) is 25.1 Å². The molecule has 0 unspecified atom stereocenters. The highest BCUT2D eigenvalue weighted by Crippen LogP contribution is 1.94. The molecular formula is C15H25N3O2. The summed E-state index contributed by atoms with van der Waals surface area (Å²) in [4.78, 5) is 4.04. The van der Waals surface area contributed by atoms with Gasteiger partial charge in [-0.1, -0.05) is 19.9 Å². The van der Waals surface area contributed by atoms with E-state index in [2.05, 4.69) is 10.1 Å². The van der Waals surface area contributed by atoms with Gasteiger partial charge >= 0.3 is 0 Å². The maximum absolute atomic E-state index is 4.87. The molecule has 0 aliphatic carbocycles. The quantitative estimate of drug-likeness (QED) is 0.863. The van der Waals surface area contributed by atoms with Crippen LogP contribution in [0.1, 0.15) is 25.2 Å². The molecule has 20 heavy (non-hydrogen) atoms. The highest BCUT2D eigenvalue weighted by Gasteiger charge is 1.92. The van der Waals surface area contributed by atoms with Crippen LogP contribution in [0.2, 0.25) is 0 Å². The van der Waals surface area contributed by atoms with E-state index < -0.39 is 0 Å². The number of aryl methyl sites for hydroxylation is 1. The summed E-state index contributed by atoms with van der Waals surface area (Å²) in [5, 5.41) is 4.09. The van der Waals surface area contributed by atoms with Crippen LogP contribution in [-0.2, 0) is 29.7 Å². The fourth-order valence-corrected chi connectivity index (χ4v) is 1.32. The molecule has 0 amide bonds. The van der Waals surface area contributed by atoms with Gasteiger partial charge in [-0.25, -0.2) is 0 Å². The second-order valence-corrected chi connectivity index (χ2v) is 3.67. The lowest BCUT2D eigenvalue weighted by molar-refractivity contribution is 0.181. The van der Waals surface area contributed by atoms with Crippen molar-refractivity contribution in [3.8, 4) is 0 Å². The molecule has 0 radical (unpaired) electrons. The third-order valence-corrected chi connectivity index (χ3v) is 2.08. The van der Waals surface area contributed by atoms with Gasteiger partial charge in [0.05, 0.1) is 24.6 Å². The molecule has 2 aromatic rings. The Kier molecular flexibility index (Phi) is 11.3. The average molecular weight is 279 g/mol. The third kappa shape index (κ3) is 8.39. The molecule has 0 fully saturated rings. The van der Waals surface area contributed by atoms with Crippen LogP contribution in [0.15, 0.2) is 36.7 Å². The smallest absolute Gasteiger partial charge is 0.0902 e. The first-order valence-corrected chi connectivity index (χ1v) is 6.62. The molecule has 0 N–H and O–H groups in total. The second-order valence-electron chi connectivity index (χ2n) is 3.67. The summed E-state index contributed by atoms with van der Waals surface area (Å²) >= 11 is 0. The van der Waals surface area contributed by atoms with Crippen molar-refractivity contribution in [1.82, 2.24) is 14.8 Å². The zero-order valence-electron chi connectivity index (χ0n) is 13.0. The van der Waals surface area contributed by atoms with Gasteiger partial charge in [0.25, 0.3) is 0 Å². The van der Waals surface area contributed by atoms with Gasteiger partial charge in [-0.3, -0.25) is 9.67 Å². The Hall–Kier alpha value is -1.72. The standard InChI is InChI=1S/C7H9NO.C6H10N2O.C2H6/c1-9-6-7-4-2-3-5-8-7;1-8-4-3-6(7-8)5-9-2;1-2/h2-5H,6H2,1H3;3-4H,5H2,1-2H3;1-2H3. The number of aromatic nitrogens is 3. The van der Waals surface area contributed by atoms with E-state index in [-0.39, 0.29) is 0 Å². The molecule has 2 aromatic heterocycles. The van der Waals surface area contributed by atoms with Gasteiger partial charge in [0.15, 0.2) is 0 Å². The van der Waals surface area contributed by atoms with E-state index in [0.717, 1.165) is 11.4 Å². The first kappa shape index (κ1) is 18.3. The maximum atomic E-state index is 4.87. The van der Waals surface area contributed by atoms with Gasteiger partial charge in [-0.15, -0.1) is 0 Å². The molecule has 0 atom stereocenters. The number of nitrogens with zero attached hydrogens (tertiary/aromatic N) is 3. The second kappa shape index (κ2) is 12.3. The van der Waals surface area contributed by atoms with Crippen molar-refractivity contribution in [3.05, 3.63) is 48.0 Å². The summed E-state index contributed by atoms with van der Waals surface area (Å²) in [7, 11) is 5.21. The number of hydrogen-bond acceptors (Lipinski definition) is 4. The monoisotopic (exact) mass is 279 g/mol. The van der Waals surface area contributed by atoms with Crippen LogP contribution in [0.25, 0.3) is 0 Å². The molecule has 0 aliphatic heterocycles. The topological polar surface area (TPSA) is 49.2 Å². The molecule has 0 spiro atoms. The van der Waals surface area contributed by atoms with Gasteiger partial charge in [0.1, 0.15) is 0 Å². The predicted molar refractivity (Wildman–Crippen MR) is 80.2 cm³/mol. The van der Waals surface area contributed by atoms with Crippen LogP contribution in [0.5, 0.6) is 0 Å². The Labute approximate surface area is 121 Å². The van der Waals surface area contributed by atoms with Crippen molar-refractivity contribution in [2.24, 2.45) is 7.05 Å². The number of rotatable bonds is 4. The molecule has 0 saturated carbocycles. The van der Waals surface area contributed by atoms with Crippen LogP contribution < -0.4 is 0 Å². The van der Waals surface area contributed by atoms with E-state index in [4.69, 9.17) is 9.47 Å². The molecule has 2 rings (SSSR count). The summed E-state index contributed by atoms with van der Waals surface area (Å²) in [6, 6.07) is 7.70. The SMILES string of the molecule is CC.COCc1ccccn1.COCc1ccn(C)n1. The lowest BCUT2D eigenvalue weighted by Crippen LogP contribution is -1.91. The first-order valence-electron chi connectivity index (χ1n) is 6.62. The largest absolute Gasteiger partial charge is 0.378 e. The molecule has 0 aliphatic rings. The Bertz CT molecular complexity index is 430. The number of pyridine rings is 1. The molecule has 0 aromatic carbocycles. The van der Waals surface area contributed by atoms with Crippen LogP contribution >= 0.6 is 0 Å². The Morgan fingerprint density at radius 2 is 1.65 bits per heavy atom. The molecule has 0 bridgehead atoms. The zero-order chi connectivity index (χ0) is 15.2. The fourth-order valence-electron chi connectivity index (χ4n) is 1.32. The van der Waals surface area contributed by atoms with Gasteiger partial charge in [0, 0.05) is 33.7 Å². The first-order chi connectivity index (χ1) is 9.76. The number of ether oxygens (including phenoxy) is 2. The average Bonchev–Trinajstić information content (AvgIpc) is 2.89. The van der Waals surface area contributed by atoms with Crippen molar-refractivity contribution in [3.63, 3.8) is 0 Å². The van der Waals surface area contributed by atoms with Gasteiger partial charge < -0.3 is 9.47 Å². The third-order valence-electron chi connectivity index (χ3n) is 2.08. The predicted octanol–water partition coefficient (Wildman–Crippen LogP) is 2.82. The fraction of sp³-hybridized carbons (Fsp3) is 0.467. The Morgan fingerprint density at radius 1 is 1.00 bits per heavy atom. The molecule has 2 heterocycles. The van der Waals surface area contributed by atoms with E-state index in [0.29, 0.717) is 13.2 Å². The number of methoxy groups -OCH3 is 2. The highest BCUT2D eigenvalue weighted by molar-refractivity contribution is 5.01. The molecule has 112 valence electrons. The molecular weight excluding hydrogens is 254 g/mol. The minimum absolute atomic E-state index is 0.598. The van der Waals surface area contributed by atoms with Crippen molar-refractivity contribution in [2.75, 3.05) is 14.2 Å².